The lowest BCUT2D eigenvalue weighted by Gasteiger charge is -2.09. The number of nitrogens with two attached hydrogens (primary N) is 1. The topological polar surface area (TPSA) is 61.0 Å². The number of hydrogen-bond donors (Lipinski definition) is 1. The largest absolute Gasteiger partial charge is 0.485 e. The fourth-order valence-electron chi connectivity index (χ4n) is 1.27. The van der Waals surface area contributed by atoms with Crippen molar-refractivity contribution in [2.45, 2.75) is 6.61 Å². The van der Waals surface area contributed by atoms with Crippen LogP contribution in [0.1, 0.15) is 5.56 Å². The highest BCUT2D eigenvalue weighted by Crippen LogP contribution is 2.24. The van der Waals surface area contributed by atoms with Gasteiger partial charge in [-0.25, -0.2) is 13.8 Å². The summed E-state index contributed by atoms with van der Waals surface area (Å²) in [4.78, 5) is 7.22. The van der Waals surface area contributed by atoms with Crippen LogP contribution in [0.4, 0.5) is 14.6 Å². The number of hydrogen-bond acceptors (Lipinski definition) is 4. The number of anilines is 1. The fraction of sp³-hybridized carbons (Fsp3) is 0.0909. The minimum absolute atomic E-state index is 0.146. The van der Waals surface area contributed by atoms with Gasteiger partial charge in [-0.3, -0.25) is 4.98 Å². The van der Waals surface area contributed by atoms with E-state index in [1.807, 2.05) is 0 Å². The predicted octanol–water partition coefficient (Wildman–Crippen LogP) is 2.68. The molecule has 4 nitrogen and oxygen atoms in total. The van der Waals surface area contributed by atoms with Gasteiger partial charge in [-0.2, -0.15) is 0 Å². The SMILES string of the molecule is Nc1ncc(Br)cc1OCc1c(F)cncc1F. The van der Waals surface area contributed by atoms with Gasteiger partial charge in [-0.05, 0) is 22.0 Å². The van der Waals surface area contributed by atoms with Crippen molar-refractivity contribution in [3.63, 3.8) is 0 Å². The summed E-state index contributed by atoms with van der Waals surface area (Å²) in [5, 5.41) is 0. The fourth-order valence-corrected chi connectivity index (χ4v) is 1.58. The molecule has 0 aliphatic carbocycles. The van der Waals surface area contributed by atoms with Crippen molar-refractivity contribution >= 4 is 21.7 Å². The van der Waals surface area contributed by atoms with E-state index >= 15 is 0 Å². The summed E-state index contributed by atoms with van der Waals surface area (Å²) in [6, 6.07) is 1.57. The second-order valence-electron chi connectivity index (χ2n) is 3.41. The molecule has 2 heterocycles. The molecular formula is C11H8BrF2N3O. The predicted molar refractivity (Wildman–Crippen MR) is 64.8 cm³/mol. The normalized spacial score (nSPS) is 10.4. The van der Waals surface area contributed by atoms with E-state index in [0.29, 0.717) is 4.47 Å². The highest BCUT2D eigenvalue weighted by atomic mass is 79.9. The van der Waals surface area contributed by atoms with Crippen molar-refractivity contribution in [2.75, 3.05) is 5.73 Å². The second kappa shape index (κ2) is 5.26. The Morgan fingerprint density at radius 3 is 2.56 bits per heavy atom. The maximum Gasteiger partial charge on any atom is 0.166 e. The molecule has 0 unspecified atom stereocenters. The summed E-state index contributed by atoms with van der Waals surface area (Å²) in [7, 11) is 0. The van der Waals surface area contributed by atoms with Crippen LogP contribution < -0.4 is 10.5 Å². The molecule has 2 N–H and O–H groups in total. The lowest BCUT2D eigenvalue weighted by atomic mass is 10.2. The molecule has 0 aromatic carbocycles. The number of aromatic nitrogens is 2. The standard InChI is InChI=1S/C11H8BrF2N3O/c12-6-1-10(11(15)17-2-6)18-5-7-8(13)3-16-4-9(7)14/h1-4H,5H2,(H2,15,17). The van der Waals surface area contributed by atoms with Crippen LogP contribution in [0.15, 0.2) is 29.1 Å². The number of ether oxygens (including phenoxy) is 1. The van der Waals surface area contributed by atoms with Gasteiger partial charge in [0.15, 0.2) is 23.2 Å². The van der Waals surface area contributed by atoms with Crippen molar-refractivity contribution in [3.8, 4) is 5.75 Å². The first-order valence-electron chi connectivity index (χ1n) is 4.89. The third-order valence-electron chi connectivity index (χ3n) is 2.17. The van der Waals surface area contributed by atoms with E-state index in [-0.39, 0.29) is 23.7 Å². The molecular weight excluding hydrogens is 308 g/mol. The molecule has 7 heteroatoms. The van der Waals surface area contributed by atoms with Crippen molar-refractivity contribution in [1.82, 2.24) is 9.97 Å². The molecule has 0 saturated heterocycles. The number of halogens is 3. The highest BCUT2D eigenvalue weighted by molar-refractivity contribution is 9.10. The highest BCUT2D eigenvalue weighted by Gasteiger charge is 2.11. The molecule has 0 atom stereocenters. The van der Waals surface area contributed by atoms with Gasteiger partial charge in [0.25, 0.3) is 0 Å². The molecule has 18 heavy (non-hydrogen) atoms. The van der Waals surface area contributed by atoms with Gasteiger partial charge in [-0.15, -0.1) is 0 Å². The van der Waals surface area contributed by atoms with Crippen molar-refractivity contribution in [1.29, 1.82) is 0 Å². The number of pyridine rings is 2. The maximum absolute atomic E-state index is 13.3. The van der Waals surface area contributed by atoms with Crippen molar-refractivity contribution in [2.24, 2.45) is 0 Å². The molecule has 0 aliphatic heterocycles. The van der Waals surface area contributed by atoms with Gasteiger partial charge in [0.1, 0.15) is 6.61 Å². The Bertz CT molecular complexity index is 560. The molecule has 0 fully saturated rings. The van der Waals surface area contributed by atoms with Crippen LogP contribution in [0.25, 0.3) is 0 Å². The van der Waals surface area contributed by atoms with Gasteiger partial charge < -0.3 is 10.5 Å². The molecule has 0 amide bonds. The van der Waals surface area contributed by atoms with Crippen LogP contribution >= 0.6 is 15.9 Å². The molecule has 0 radical (unpaired) electrons. The van der Waals surface area contributed by atoms with Crippen LogP contribution in [-0.2, 0) is 6.61 Å². The average molecular weight is 316 g/mol. The van der Waals surface area contributed by atoms with E-state index in [4.69, 9.17) is 10.5 Å². The van der Waals surface area contributed by atoms with Crippen LogP contribution in [0.2, 0.25) is 0 Å². The van der Waals surface area contributed by atoms with Gasteiger partial charge in [-0.1, -0.05) is 0 Å². The van der Waals surface area contributed by atoms with E-state index in [0.717, 1.165) is 12.4 Å². The average Bonchev–Trinajstić information content (AvgIpc) is 2.33. The minimum atomic E-state index is -0.767. The van der Waals surface area contributed by atoms with E-state index in [2.05, 4.69) is 25.9 Å². The smallest absolute Gasteiger partial charge is 0.166 e. The quantitative estimate of drug-likeness (QED) is 0.946. The monoisotopic (exact) mass is 315 g/mol. The maximum atomic E-state index is 13.3. The van der Waals surface area contributed by atoms with E-state index in [1.165, 1.54) is 6.20 Å². The van der Waals surface area contributed by atoms with Crippen molar-refractivity contribution < 1.29 is 13.5 Å². The van der Waals surface area contributed by atoms with Gasteiger partial charge in [0.05, 0.1) is 18.0 Å². The molecule has 0 spiro atoms. The van der Waals surface area contributed by atoms with E-state index in [1.54, 1.807) is 6.07 Å². The molecule has 94 valence electrons. The summed E-state index contributed by atoms with van der Waals surface area (Å²) >= 11 is 3.20. The summed E-state index contributed by atoms with van der Waals surface area (Å²) < 4.78 is 32.5. The second-order valence-corrected chi connectivity index (χ2v) is 4.32. The zero-order chi connectivity index (χ0) is 13.1. The Hall–Kier alpha value is -1.76. The van der Waals surface area contributed by atoms with E-state index < -0.39 is 11.6 Å². The number of nitrogen functional groups attached to an aromatic ring is 1. The summed E-state index contributed by atoms with van der Waals surface area (Å²) in [5.74, 6) is -1.14. The lowest BCUT2D eigenvalue weighted by molar-refractivity contribution is 0.292. The first-order chi connectivity index (χ1) is 8.58. The van der Waals surface area contributed by atoms with Crippen LogP contribution in [0, 0.1) is 11.6 Å². The Labute approximate surface area is 110 Å². The Morgan fingerprint density at radius 1 is 1.22 bits per heavy atom. The lowest BCUT2D eigenvalue weighted by Crippen LogP contribution is -2.05. The molecule has 2 aromatic heterocycles. The molecule has 2 rings (SSSR count). The number of rotatable bonds is 3. The molecule has 0 saturated carbocycles. The molecule has 0 aliphatic rings. The minimum Gasteiger partial charge on any atom is -0.485 e. The Morgan fingerprint density at radius 2 is 1.89 bits per heavy atom. The molecule has 0 bridgehead atoms. The summed E-state index contributed by atoms with van der Waals surface area (Å²) in [6.45, 7) is -0.289. The number of nitrogens with zero attached hydrogens (tertiary/aromatic N) is 2. The van der Waals surface area contributed by atoms with Crippen LogP contribution in [-0.4, -0.2) is 9.97 Å². The van der Waals surface area contributed by atoms with Gasteiger partial charge in [0.2, 0.25) is 0 Å². The Balaban J connectivity index is 2.19. The summed E-state index contributed by atoms with van der Waals surface area (Å²) in [6.07, 6.45) is 3.34. The zero-order valence-electron chi connectivity index (χ0n) is 9.03. The van der Waals surface area contributed by atoms with Gasteiger partial charge >= 0.3 is 0 Å². The first-order valence-corrected chi connectivity index (χ1v) is 5.69. The van der Waals surface area contributed by atoms with E-state index in [9.17, 15) is 8.78 Å². The molecule has 2 aromatic rings. The summed E-state index contributed by atoms with van der Waals surface area (Å²) in [5.41, 5.74) is 5.37. The zero-order valence-corrected chi connectivity index (χ0v) is 10.6. The third-order valence-corrected chi connectivity index (χ3v) is 2.61. The first kappa shape index (κ1) is 12.7. The van der Waals surface area contributed by atoms with Crippen LogP contribution in [0.5, 0.6) is 5.75 Å². The third kappa shape index (κ3) is 2.73. The van der Waals surface area contributed by atoms with Crippen molar-refractivity contribution in [3.05, 3.63) is 46.3 Å². The van der Waals surface area contributed by atoms with Crippen LogP contribution in [0.3, 0.4) is 0 Å². The Kier molecular flexibility index (Phi) is 3.71. The van der Waals surface area contributed by atoms with Gasteiger partial charge in [0, 0.05) is 10.7 Å².